The Morgan fingerprint density at radius 3 is 2.28 bits per heavy atom. The molecule has 0 atom stereocenters. The van der Waals surface area contributed by atoms with Crippen LogP contribution in [-0.4, -0.2) is 29.6 Å². The lowest BCUT2D eigenvalue weighted by Crippen LogP contribution is -2.59. The van der Waals surface area contributed by atoms with Crippen molar-refractivity contribution in [1.82, 2.24) is 5.32 Å². The van der Waals surface area contributed by atoms with Crippen LogP contribution in [0.15, 0.2) is 24.3 Å². The Hall–Kier alpha value is -2.04. The number of carboxylic acids is 1. The Kier molecular flexibility index (Phi) is 3.23. The minimum atomic E-state index is -1.07. The Balaban J connectivity index is 2.09. The van der Waals surface area contributed by atoms with Crippen LogP contribution in [0.4, 0.5) is 0 Å². The third-order valence-corrected chi connectivity index (χ3v) is 3.32. The largest absolute Gasteiger partial charge is 0.497 e. The number of carbonyl (C=O) groups is 2. The summed E-state index contributed by atoms with van der Waals surface area (Å²) in [6, 6.07) is 6.57. The lowest BCUT2D eigenvalue weighted by atomic mass is 9.76. The Morgan fingerprint density at radius 1 is 1.28 bits per heavy atom. The second-order valence-corrected chi connectivity index (χ2v) is 4.42. The highest BCUT2D eigenvalue weighted by Crippen LogP contribution is 2.32. The number of ether oxygens (including phenoxy) is 1. The van der Waals surface area contributed by atoms with Crippen LogP contribution in [0.1, 0.15) is 29.6 Å². The molecule has 1 saturated carbocycles. The highest BCUT2D eigenvalue weighted by molar-refractivity contribution is 5.98. The molecule has 1 aromatic rings. The number of aliphatic carboxylic acids is 1. The van der Waals surface area contributed by atoms with Crippen molar-refractivity contribution in [1.29, 1.82) is 0 Å². The second-order valence-electron chi connectivity index (χ2n) is 4.42. The van der Waals surface area contributed by atoms with Gasteiger partial charge in [-0.15, -0.1) is 0 Å². The minimum absolute atomic E-state index is 0.361. The molecule has 0 aliphatic heterocycles. The summed E-state index contributed by atoms with van der Waals surface area (Å²) in [6.07, 6.45) is 1.81. The molecular weight excluding hydrogens is 234 g/mol. The summed E-state index contributed by atoms with van der Waals surface area (Å²) in [6.45, 7) is 0. The molecule has 18 heavy (non-hydrogen) atoms. The minimum Gasteiger partial charge on any atom is -0.497 e. The number of hydrogen-bond donors (Lipinski definition) is 2. The molecule has 0 saturated heterocycles. The molecular formula is C13H15NO4. The van der Waals surface area contributed by atoms with Crippen LogP contribution in [0.2, 0.25) is 0 Å². The summed E-state index contributed by atoms with van der Waals surface area (Å²) in [7, 11) is 1.54. The van der Waals surface area contributed by atoms with Gasteiger partial charge in [0, 0.05) is 5.56 Å². The van der Waals surface area contributed by atoms with Gasteiger partial charge in [-0.3, -0.25) is 4.79 Å². The van der Waals surface area contributed by atoms with Crippen LogP contribution in [0.5, 0.6) is 5.75 Å². The van der Waals surface area contributed by atoms with Crippen molar-refractivity contribution in [3.8, 4) is 5.75 Å². The van der Waals surface area contributed by atoms with E-state index in [0.717, 1.165) is 6.42 Å². The fraction of sp³-hybridized carbons (Fsp3) is 0.385. The third-order valence-electron chi connectivity index (χ3n) is 3.32. The van der Waals surface area contributed by atoms with Crippen LogP contribution in [0.3, 0.4) is 0 Å². The predicted octanol–water partition coefficient (Wildman–Crippen LogP) is 1.43. The van der Waals surface area contributed by atoms with Gasteiger partial charge >= 0.3 is 5.97 Å². The molecule has 2 N–H and O–H groups in total. The van der Waals surface area contributed by atoms with Gasteiger partial charge in [-0.05, 0) is 43.5 Å². The van der Waals surface area contributed by atoms with Crippen LogP contribution in [0.25, 0.3) is 0 Å². The van der Waals surface area contributed by atoms with Crippen LogP contribution < -0.4 is 10.1 Å². The maximum atomic E-state index is 11.9. The van der Waals surface area contributed by atoms with Crippen molar-refractivity contribution >= 4 is 11.9 Å². The first-order chi connectivity index (χ1) is 8.57. The fourth-order valence-electron chi connectivity index (χ4n) is 1.95. The zero-order valence-corrected chi connectivity index (χ0v) is 10.1. The number of amides is 1. The Bertz CT molecular complexity index is 462. The second kappa shape index (κ2) is 4.68. The monoisotopic (exact) mass is 249 g/mol. The molecule has 1 amide bonds. The predicted molar refractivity (Wildman–Crippen MR) is 64.7 cm³/mol. The van der Waals surface area contributed by atoms with Gasteiger partial charge in [0.25, 0.3) is 5.91 Å². The summed E-state index contributed by atoms with van der Waals surface area (Å²) in [5.74, 6) is -0.668. The SMILES string of the molecule is COc1ccc(C(=O)NC2(C(=O)O)CCC2)cc1. The highest BCUT2D eigenvalue weighted by atomic mass is 16.5. The number of carboxylic acid groups (broad SMARTS) is 1. The van der Waals surface area contributed by atoms with E-state index in [-0.39, 0.29) is 5.91 Å². The standard InChI is InChI=1S/C13H15NO4/c1-18-10-5-3-9(4-6-10)11(15)14-13(12(16)17)7-2-8-13/h3-6H,2,7-8H2,1H3,(H,14,15)(H,16,17). The zero-order chi connectivity index (χ0) is 13.2. The van der Waals surface area contributed by atoms with Crippen molar-refractivity contribution < 1.29 is 19.4 Å². The maximum Gasteiger partial charge on any atom is 0.329 e. The molecule has 2 rings (SSSR count). The van der Waals surface area contributed by atoms with Crippen molar-refractivity contribution in [2.75, 3.05) is 7.11 Å². The van der Waals surface area contributed by atoms with Crippen LogP contribution in [0, 0.1) is 0 Å². The van der Waals surface area contributed by atoms with E-state index in [2.05, 4.69) is 5.32 Å². The van der Waals surface area contributed by atoms with Crippen molar-refractivity contribution in [3.05, 3.63) is 29.8 Å². The van der Waals surface area contributed by atoms with Crippen molar-refractivity contribution in [2.45, 2.75) is 24.8 Å². The molecule has 0 spiro atoms. The molecule has 0 aromatic heterocycles. The molecule has 96 valence electrons. The van der Waals surface area contributed by atoms with Gasteiger partial charge in [0.05, 0.1) is 7.11 Å². The topological polar surface area (TPSA) is 75.6 Å². The summed E-state index contributed by atoms with van der Waals surface area (Å²) >= 11 is 0. The molecule has 5 nitrogen and oxygen atoms in total. The van der Waals surface area contributed by atoms with Gasteiger partial charge in [-0.25, -0.2) is 4.79 Å². The zero-order valence-electron chi connectivity index (χ0n) is 10.1. The normalized spacial score (nSPS) is 16.5. The van der Waals surface area contributed by atoms with Crippen LogP contribution >= 0.6 is 0 Å². The summed E-state index contributed by atoms with van der Waals surface area (Å²) in [5, 5.41) is 11.7. The van der Waals surface area contributed by atoms with Gasteiger partial charge in [-0.2, -0.15) is 0 Å². The fourth-order valence-corrected chi connectivity index (χ4v) is 1.95. The molecule has 0 unspecified atom stereocenters. The smallest absolute Gasteiger partial charge is 0.329 e. The van der Waals surface area contributed by atoms with E-state index in [0.29, 0.717) is 24.2 Å². The first-order valence-electron chi connectivity index (χ1n) is 5.77. The number of carbonyl (C=O) groups excluding carboxylic acids is 1. The number of nitrogens with one attached hydrogen (secondary N) is 1. The Labute approximate surface area is 105 Å². The van der Waals surface area contributed by atoms with E-state index in [1.807, 2.05) is 0 Å². The van der Waals surface area contributed by atoms with Gasteiger partial charge < -0.3 is 15.2 Å². The van der Waals surface area contributed by atoms with E-state index in [1.165, 1.54) is 0 Å². The molecule has 1 aromatic carbocycles. The van der Waals surface area contributed by atoms with E-state index in [4.69, 9.17) is 9.84 Å². The molecule has 0 bridgehead atoms. The van der Waals surface area contributed by atoms with Gasteiger partial charge in [0.1, 0.15) is 11.3 Å². The van der Waals surface area contributed by atoms with E-state index in [1.54, 1.807) is 31.4 Å². The van der Waals surface area contributed by atoms with Crippen molar-refractivity contribution in [2.24, 2.45) is 0 Å². The Morgan fingerprint density at radius 2 is 1.89 bits per heavy atom. The van der Waals surface area contributed by atoms with E-state index >= 15 is 0 Å². The van der Waals surface area contributed by atoms with Gasteiger partial charge in [-0.1, -0.05) is 0 Å². The first-order valence-corrected chi connectivity index (χ1v) is 5.77. The third kappa shape index (κ3) is 2.16. The quantitative estimate of drug-likeness (QED) is 0.846. The summed E-state index contributed by atoms with van der Waals surface area (Å²) < 4.78 is 4.99. The number of rotatable bonds is 4. The van der Waals surface area contributed by atoms with E-state index < -0.39 is 11.5 Å². The molecule has 1 aliphatic rings. The lowest BCUT2D eigenvalue weighted by molar-refractivity contribution is -0.148. The van der Waals surface area contributed by atoms with Gasteiger partial charge in [0.15, 0.2) is 0 Å². The average Bonchev–Trinajstić information content (AvgIpc) is 2.33. The number of methoxy groups -OCH3 is 1. The van der Waals surface area contributed by atoms with E-state index in [9.17, 15) is 9.59 Å². The number of benzene rings is 1. The maximum absolute atomic E-state index is 11.9. The molecule has 5 heteroatoms. The average molecular weight is 249 g/mol. The summed E-state index contributed by atoms with van der Waals surface area (Å²) in [4.78, 5) is 23.1. The van der Waals surface area contributed by atoms with Gasteiger partial charge in [0.2, 0.25) is 0 Å². The number of hydrogen-bond acceptors (Lipinski definition) is 3. The highest BCUT2D eigenvalue weighted by Gasteiger charge is 2.45. The lowest BCUT2D eigenvalue weighted by Gasteiger charge is -2.38. The molecule has 0 radical (unpaired) electrons. The van der Waals surface area contributed by atoms with Crippen LogP contribution in [-0.2, 0) is 4.79 Å². The molecule has 1 aliphatic carbocycles. The first kappa shape index (κ1) is 12.4. The summed E-state index contributed by atoms with van der Waals surface area (Å²) in [5.41, 5.74) is -0.639. The molecule has 0 heterocycles. The van der Waals surface area contributed by atoms with Crippen molar-refractivity contribution in [3.63, 3.8) is 0 Å². The molecule has 1 fully saturated rings.